The molecule has 0 spiro atoms. The van der Waals surface area contributed by atoms with Gasteiger partial charge in [-0.1, -0.05) is 31.5 Å². The number of nitrogens with zero attached hydrogens (tertiary/aromatic N) is 2. The van der Waals surface area contributed by atoms with E-state index >= 15 is 0 Å². The summed E-state index contributed by atoms with van der Waals surface area (Å²) in [6, 6.07) is 7.80. The van der Waals surface area contributed by atoms with E-state index in [9.17, 15) is 9.90 Å². The van der Waals surface area contributed by atoms with Gasteiger partial charge >= 0.3 is 0 Å². The molecule has 0 radical (unpaired) electrons. The fraction of sp³-hybridized carbons (Fsp3) is 0.500. The van der Waals surface area contributed by atoms with Crippen LogP contribution in [0.15, 0.2) is 28.7 Å². The Morgan fingerprint density at radius 1 is 1.25 bits per heavy atom. The zero-order chi connectivity index (χ0) is 20.1. The molecular formula is C22H27ClN2O3. The highest BCUT2D eigenvalue weighted by molar-refractivity contribution is 6.30. The minimum atomic E-state index is -0.566. The van der Waals surface area contributed by atoms with Crippen molar-refractivity contribution in [3.05, 3.63) is 51.9 Å². The lowest BCUT2D eigenvalue weighted by Crippen LogP contribution is -2.48. The van der Waals surface area contributed by atoms with Gasteiger partial charge in [0.25, 0.3) is 5.91 Å². The van der Waals surface area contributed by atoms with E-state index in [1.165, 1.54) is 0 Å². The van der Waals surface area contributed by atoms with Crippen LogP contribution in [-0.4, -0.2) is 42.1 Å². The summed E-state index contributed by atoms with van der Waals surface area (Å²) in [5.74, 6) is 1.07. The Morgan fingerprint density at radius 2 is 1.96 bits per heavy atom. The summed E-state index contributed by atoms with van der Waals surface area (Å²) in [5.41, 5.74) is 2.66. The van der Waals surface area contributed by atoms with Gasteiger partial charge in [-0.25, -0.2) is 0 Å². The third kappa shape index (κ3) is 3.53. The third-order valence-corrected chi connectivity index (χ3v) is 6.16. The standard InChI is InChI=1S/C22H27ClN2O3/c1-14-19-17(26)12-22(2,3)13-18(19)28-20(14)21(27)25-9-7-24(8-10-25)16-6-4-5-15(23)11-16/h4-6,11,17,26H,7-10,12-13H2,1-3H3/t17-/m1/s1. The second-order valence-corrected chi connectivity index (χ2v) is 9.15. The van der Waals surface area contributed by atoms with E-state index in [0.29, 0.717) is 30.3 Å². The Morgan fingerprint density at radius 3 is 2.64 bits per heavy atom. The van der Waals surface area contributed by atoms with Crippen LogP contribution in [0.4, 0.5) is 5.69 Å². The first-order valence-electron chi connectivity index (χ1n) is 9.85. The van der Waals surface area contributed by atoms with Crippen LogP contribution in [-0.2, 0) is 6.42 Å². The van der Waals surface area contributed by atoms with Crippen molar-refractivity contribution in [3.63, 3.8) is 0 Å². The number of rotatable bonds is 2. The van der Waals surface area contributed by atoms with Crippen molar-refractivity contribution in [3.8, 4) is 0 Å². The SMILES string of the molecule is Cc1c(C(=O)N2CCN(c3cccc(Cl)c3)CC2)oc2c1[C@H](O)CC(C)(C)C2. The molecular weight excluding hydrogens is 376 g/mol. The van der Waals surface area contributed by atoms with Crippen molar-refractivity contribution in [1.82, 2.24) is 4.90 Å². The molecule has 0 saturated carbocycles. The Kier molecular flexibility index (Phi) is 4.92. The molecule has 1 N–H and O–H groups in total. The number of fused-ring (bicyclic) bond motifs is 1. The summed E-state index contributed by atoms with van der Waals surface area (Å²) in [5, 5.41) is 11.3. The average molecular weight is 403 g/mol. The number of furan rings is 1. The molecule has 6 heteroatoms. The lowest BCUT2D eigenvalue weighted by molar-refractivity contribution is 0.0704. The molecule has 2 aliphatic rings. The molecule has 1 aliphatic heterocycles. The smallest absolute Gasteiger partial charge is 0.289 e. The van der Waals surface area contributed by atoms with E-state index in [-0.39, 0.29) is 11.3 Å². The molecule has 2 aromatic rings. The number of aliphatic hydroxyl groups excluding tert-OH is 1. The number of amides is 1. The van der Waals surface area contributed by atoms with Gasteiger partial charge in [-0.3, -0.25) is 4.79 Å². The summed E-state index contributed by atoms with van der Waals surface area (Å²) < 4.78 is 6.00. The molecule has 1 amide bonds. The molecule has 28 heavy (non-hydrogen) atoms. The van der Waals surface area contributed by atoms with Gasteiger partial charge in [0, 0.05) is 54.4 Å². The fourth-order valence-corrected chi connectivity index (χ4v) is 4.66. The van der Waals surface area contributed by atoms with E-state index < -0.39 is 6.10 Å². The topological polar surface area (TPSA) is 56.9 Å². The van der Waals surface area contributed by atoms with Crippen LogP contribution in [0.25, 0.3) is 0 Å². The van der Waals surface area contributed by atoms with E-state index in [1.54, 1.807) is 0 Å². The second-order valence-electron chi connectivity index (χ2n) is 8.71. The van der Waals surface area contributed by atoms with Gasteiger partial charge in [0.2, 0.25) is 0 Å². The van der Waals surface area contributed by atoms with Crippen LogP contribution in [0, 0.1) is 12.3 Å². The third-order valence-electron chi connectivity index (χ3n) is 5.92. The van der Waals surface area contributed by atoms with Crippen molar-refractivity contribution in [2.24, 2.45) is 5.41 Å². The number of carbonyl (C=O) groups excluding carboxylic acids is 1. The van der Waals surface area contributed by atoms with E-state index in [2.05, 4.69) is 18.7 Å². The predicted molar refractivity (Wildman–Crippen MR) is 110 cm³/mol. The number of piperazine rings is 1. The van der Waals surface area contributed by atoms with Crippen molar-refractivity contribution in [1.29, 1.82) is 0 Å². The highest BCUT2D eigenvalue weighted by Gasteiger charge is 2.38. The Labute approximate surface area is 170 Å². The number of carbonyl (C=O) groups is 1. The molecule has 4 rings (SSSR count). The molecule has 5 nitrogen and oxygen atoms in total. The number of anilines is 1. The molecule has 1 atom stereocenters. The Balaban J connectivity index is 1.49. The summed E-state index contributed by atoms with van der Waals surface area (Å²) >= 11 is 6.10. The van der Waals surface area contributed by atoms with Gasteiger partial charge in [0.1, 0.15) is 5.76 Å². The first-order chi connectivity index (χ1) is 13.2. The largest absolute Gasteiger partial charge is 0.455 e. The van der Waals surface area contributed by atoms with Gasteiger partial charge < -0.3 is 19.3 Å². The highest BCUT2D eigenvalue weighted by atomic mass is 35.5. The van der Waals surface area contributed by atoms with Gasteiger partial charge in [-0.2, -0.15) is 0 Å². The zero-order valence-corrected chi connectivity index (χ0v) is 17.4. The molecule has 0 unspecified atom stereocenters. The van der Waals surface area contributed by atoms with Crippen LogP contribution < -0.4 is 4.90 Å². The second kappa shape index (κ2) is 7.12. The van der Waals surface area contributed by atoms with Gasteiger partial charge in [-0.05, 0) is 37.0 Å². The maximum absolute atomic E-state index is 13.1. The number of aliphatic hydroxyl groups is 1. The van der Waals surface area contributed by atoms with Gasteiger partial charge in [-0.15, -0.1) is 0 Å². The molecule has 2 heterocycles. The first kappa shape index (κ1) is 19.3. The minimum Gasteiger partial charge on any atom is -0.455 e. The number of hydrogen-bond acceptors (Lipinski definition) is 4. The predicted octanol–water partition coefficient (Wildman–Crippen LogP) is 4.21. The summed E-state index contributed by atoms with van der Waals surface area (Å²) in [6.45, 7) is 8.89. The minimum absolute atomic E-state index is 0.0282. The molecule has 1 fully saturated rings. The maximum atomic E-state index is 13.1. The number of halogens is 1. The summed E-state index contributed by atoms with van der Waals surface area (Å²) in [4.78, 5) is 17.2. The number of benzene rings is 1. The molecule has 1 aromatic heterocycles. The maximum Gasteiger partial charge on any atom is 0.289 e. The van der Waals surface area contributed by atoms with Crippen molar-refractivity contribution in [2.45, 2.75) is 39.7 Å². The van der Waals surface area contributed by atoms with Crippen LogP contribution in [0.1, 0.15) is 53.8 Å². The van der Waals surface area contributed by atoms with Crippen LogP contribution in [0.5, 0.6) is 0 Å². The molecule has 0 bridgehead atoms. The van der Waals surface area contributed by atoms with E-state index in [4.69, 9.17) is 16.0 Å². The first-order valence-corrected chi connectivity index (χ1v) is 10.2. The summed E-state index contributed by atoms with van der Waals surface area (Å²) in [6.07, 6.45) is 0.867. The van der Waals surface area contributed by atoms with Crippen molar-refractivity contribution in [2.75, 3.05) is 31.1 Å². The number of hydrogen-bond donors (Lipinski definition) is 1. The monoisotopic (exact) mass is 402 g/mol. The lowest BCUT2D eigenvalue weighted by atomic mass is 9.75. The lowest BCUT2D eigenvalue weighted by Gasteiger charge is -2.35. The normalized spacial score (nSPS) is 21.5. The van der Waals surface area contributed by atoms with Crippen molar-refractivity contribution < 1.29 is 14.3 Å². The van der Waals surface area contributed by atoms with Crippen LogP contribution in [0.2, 0.25) is 5.02 Å². The average Bonchev–Trinajstić information content (AvgIpc) is 2.96. The van der Waals surface area contributed by atoms with Crippen LogP contribution >= 0.6 is 11.6 Å². The summed E-state index contributed by atoms with van der Waals surface area (Å²) in [7, 11) is 0. The van der Waals surface area contributed by atoms with Crippen molar-refractivity contribution >= 4 is 23.2 Å². The van der Waals surface area contributed by atoms with Crippen LogP contribution in [0.3, 0.4) is 0 Å². The molecule has 1 saturated heterocycles. The quantitative estimate of drug-likeness (QED) is 0.817. The molecule has 1 aliphatic carbocycles. The molecule has 150 valence electrons. The highest BCUT2D eigenvalue weighted by Crippen LogP contribution is 2.44. The van der Waals surface area contributed by atoms with Gasteiger partial charge in [0.05, 0.1) is 6.10 Å². The zero-order valence-electron chi connectivity index (χ0n) is 16.7. The van der Waals surface area contributed by atoms with E-state index in [0.717, 1.165) is 42.1 Å². The molecule has 1 aromatic carbocycles. The Hall–Kier alpha value is -1.98. The fourth-order valence-electron chi connectivity index (χ4n) is 4.47. The Bertz CT molecular complexity index is 897. The van der Waals surface area contributed by atoms with Gasteiger partial charge in [0.15, 0.2) is 5.76 Å². The van der Waals surface area contributed by atoms with E-state index in [1.807, 2.05) is 36.1 Å².